The van der Waals surface area contributed by atoms with Gasteiger partial charge in [0.15, 0.2) is 5.70 Å². The third-order valence-electron chi connectivity index (χ3n) is 2.70. The molecule has 2 heterocycles. The fourth-order valence-corrected chi connectivity index (χ4v) is 2.48. The van der Waals surface area contributed by atoms with Crippen molar-refractivity contribution in [3.05, 3.63) is 63.5 Å². The molecule has 0 amide bonds. The number of hydrogen-bond acceptors (Lipinski definition) is 4. The van der Waals surface area contributed by atoms with Gasteiger partial charge < -0.3 is 4.74 Å². The first-order chi connectivity index (χ1) is 9.22. The Labute approximate surface area is 114 Å². The maximum absolute atomic E-state index is 11.8. The van der Waals surface area contributed by atoms with Gasteiger partial charge in [-0.15, -0.1) is 11.3 Å². The highest BCUT2D eigenvalue weighted by Gasteiger charge is 2.24. The largest absolute Gasteiger partial charge is 0.401 e. The van der Waals surface area contributed by atoms with E-state index in [2.05, 4.69) is 4.99 Å². The van der Waals surface area contributed by atoms with Crippen molar-refractivity contribution < 1.29 is 9.53 Å². The molecule has 0 atom stereocenters. The van der Waals surface area contributed by atoms with Crippen molar-refractivity contribution in [3.63, 3.8) is 0 Å². The number of hydrogen-bond donors (Lipinski definition) is 0. The van der Waals surface area contributed by atoms with E-state index in [1.165, 1.54) is 11.3 Å². The van der Waals surface area contributed by atoms with E-state index in [0.29, 0.717) is 11.6 Å². The van der Waals surface area contributed by atoms with Gasteiger partial charge in [0.25, 0.3) is 0 Å². The van der Waals surface area contributed by atoms with Crippen LogP contribution in [0.1, 0.15) is 16.0 Å². The second-order valence-corrected chi connectivity index (χ2v) is 5.18. The summed E-state index contributed by atoms with van der Waals surface area (Å²) in [6, 6.07) is 11.7. The maximum Gasteiger partial charge on any atom is 0.363 e. The Bertz CT molecular complexity index is 684. The van der Waals surface area contributed by atoms with E-state index in [9.17, 15) is 4.79 Å². The van der Waals surface area contributed by atoms with Gasteiger partial charge in [-0.05, 0) is 30.0 Å². The van der Waals surface area contributed by atoms with Crippen LogP contribution in [0.4, 0.5) is 0 Å². The van der Waals surface area contributed by atoms with E-state index in [4.69, 9.17) is 4.74 Å². The maximum atomic E-state index is 11.8. The van der Waals surface area contributed by atoms with Gasteiger partial charge in [-0.2, -0.15) is 0 Å². The number of rotatable bonds is 2. The van der Waals surface area contributed by atoms with E-state index in [1.807, 2.05) is 48.7 Å². The standard InChI is InChI=1S/C15H11NO2S/c1-10-4-2-5-11(8-10)9-12-15(17)18-14(16-12)13-6-3-7-19-13/h2-9H,1H3. The number of nitrogens with zero attached hydrogens (tertiary/aromatic N) is 1. The molecular formula is C15H11NO2S. The highest BCUT2D eigenvalue weighted by atomic mass is 32.1. The van der Waals surface area contributed by atoms with Gasteiger partial charge in [0.05, 0.1) is 4.88 Å². The van der Waals surface area contributed by atoms with Crippen LogP contribution in [0.5, 0.6) is 0 Å². The summed E-state index contributed by atoms with van der Waals surface area (Å²) in [4.78, 5) is 16.9. The molecule has 3 rings (SSSR count). The van der Waals surface area contributed by atoms with Gasteiger partial charge in [-0.25, -0.2) is 9.79 Å². The lowest BCUT2D eigenvalue weighted by Crippen LogP contribution is -2.03. The van der Waals surface area contributed by atoms with Crippen LogP contribution in [0.25, 0.3) is 6.08 Å². The van der Waals surface area contributed by atoms with Crippen molar-refractivity contribution in [1.29, 1.82) is 0 Å². The highest BCUT2D eigenvalue weighted by Crippen LogP contribution is 2.21. The summed E-state index contributed by atoms with van der Waals surface area (Å²) >= 11 is 1.50. The Morgan fingerprint density at radius 2 is 2.16 bits per heavy atom. The molecule has 2 aromatic rings. The Hall–Kier alpha value is -2.20. The smallest absolute Gasteiger partial charge is 0.363 e. The van der Waals surface area contributed by atoms with Crippen LogP contribution in [0.3, 0.4) is 0 Å². The topological polar surface area (TPSA) is 38.7 Å². The SMILES string of the molecule is Cc1cccc(C=C2N=C(c3cccs3)OC2=O)c1. The van der Waals surface area contributed by atoms with Crippen LogP contribution in [0.2, 0.25) is 0 Å². The molecule has 0 aliphatic carbocycles. The van der Waals surface area contributed by atoms with E-state index in [-0.39, 0.29) is 0 Å². The van der Waals surface area contributed by atoms with E-state index in [0.717, 1.165) is 16.0 Å². The van der Waals surface area contributed by atoms with E-state index in [1.54, 1.807) is 6.08 Å². The fraction of sp³-hybridized carbons (Fsp3) is 0.0667. The summed E-state index contributed by atoms with van der Waals surface area (Å²) < 4.78 is 5.17. The third-order valence-corrected chi connectivity index (χ3v) is 3.56. The summed E-state index contributed by atoms with van der Waals surface area (Å²) in [6.07, 6.45) is 1.75. The number of ether oxygens (including phenoxy) is 1. The van der Waals surface area contributed by atoms with Gasteiger partial charge in [0.2, 0.25) is 5.90 Å². The normalized spacial score (nSPS) is 16.6. The minimum absolute atomic E-state index is 0.342. The van der Waals surface area contributed by atoms with Crippen LogP contribution in [0, 0.1) is 6.92 Å². The molecule has 0 bridgehead atoms. The molecule has 1 aromatic carbocycles. The molecule has 1 aromatic heterocycles. The minimum atomic E-state index is -0.398. The second kappa shape index (κ2) is 4.82. The zero-order valence-corrected chi connectivity index (χ0v) is 11.1. The van der Waals surface area contributed by atoms with Crippen LogP contribution < -0.4 is 0 Å². The summed E-state index contributed by atoms with van der Waals surface area (Å²) in [7, 11) is 0. The van der Waals surface area contributed by atoms with E-state index >= 15 is 0 Å². The molecule has 1 aliphatic heterocycles. The Morgan fingerprint density at radius 1 is 1.26 bits per heavy atom. The minimum Gasteiger partial charge on any atom is -0.401 e. The number of esters is 1. The number of carbonyl (C=O) groups is 1. The van der Waals surface area contributed by atoms with Crippen LogP contribution in [-0.2, 0) is 9.53 Å². The number of thiophene rings is 1. The van der Waals surface area contributed by atoms with Crippen LogP contribution >= 0.6 is 11.3 Å². The number of aliphatic imine (C=N–C) groups is 1. The van der Waals surface area contributed by atoms with Gasteiger partial charge in [0.1, 0.15) is 0 Å². The Balaban J connectivity index is 1.95. The monoisotopic (exact) mass is 269 g/mol. The number of cyclic esters (lactones) is 1. The molecule has 19 heavy (non-hydrogen) atoms. The highest BCUT2D eigenvalue weighted by molar-refractivity contribution is 7.12. The van der Waals surface area contributed by atoms with Gasteiger partial charge >= 0.3 is 5.97 Å². The molecule has 0 spiro atoms. The molecule has 0 saturated heterocycles. The van der Waals surface area contributed by atoms with Crippen molar-refractivity contribution in [2.45, 2.75) is 6.92 Å². The average Bonchev–Trinajstić information content (AvgIpc) is 3.00. The number of benzene rings is 1. The lowest BCUT2D eigenvalue weighted by Gasteiger charge is -1.95. The Morgan fingerprint density at radius 3 is 2.89 bits per heavy atom. The van der Waals surface area contributed by atoms with Crippen LogP contribution in [-0.4, -0.2) is 11.9 Å². The first-order valence-electron chi connectivity index (χ1n) is 5.85. The predicted molar refractivity (Wildman–Crippen MR) is 76.1 cm³/mol. The summed E-state index contributed by atoms with van der Waals surface area (Å²) in [5, 5.41) is 1.92. The fourth-order valence-electron chi connectivity index (χ4n) is 1.83. The number of carbonyl (C=O) groups excluding carboxylic acids is 1. The molecule has 4 heteroatoms. The van der Waals surface area contributed by atoms with Crippen LogP contribution in [0.15, 0.2) is 52.5 Å². The number of aryl methyl sites for hydroxylation is 1. The molecule has 0 unspecified atom stereocenters. The molecule has 0 radical (unpaired) electrons. The second-order valence-electron chi connectivity index (χ2n) is 4.23. The molecule has 94 valence electrons. The molecular weight excluding hydrogens is 258 g/mol. The van der Waals surface area contributed by atoms with Crippen molar-refractivity contribution in [2.75, 3.05) is 0 Å². The van der Waals surface area contributed by atoms with Gasteiger partial charge in [-0.1, -0.05) is 35.9 Å². The first kappa shape index (κ1) is 11.9. The van der Waals surface area contributed by atoms with Crippen molar-refractivity contribution >= 4 is 29.3 Å². The summed E-state index contributed by atoms with van der Waals surface area (Å²) in [5.74, 6) is -0.0104. The molecule has 0 saturated carbocycles. The average molecular weight is 269 g/mol. The van der Waals surface area contributed by atoms with Crippen molar-refractivity contribution in [3.8, 4) is 0 Å². The summed E-state index contributed by atoms with van der Waals surface area (Å²) in [5.41, 5.74) is 2.43. The van der Waals surface area contributed by atoms with Gasteiger partial charge in [0, 0.05) is 0 Å². The molecule has 0 N–H and O–H groups in total. The van der Waals surface area contributed by atoms with E-state index < -0.39 is 5.97 Å². The zero-order valence-electron chi connectivity index (χ0n) is 10.3. The molecule has 3 nitrogen and oxygen atoms in total. The van der Waals surface area contributed by atoms with Crippen molar-refractivity contribution in [1.82, 2.24) is 0 Å². The summed E-state index contributed by atoms with van der Waals surface area (Å²) in [6.45, 7) is 2.01. The zero-order chi connectivity index (χ0) is 13.2. The quantitative estimate of drug-likeness (QED) is 0.619. The van der Waals surface area contributed by atoms with Crippen molar-refractivity contribution in [2.24, 2.45) is 4.99 Å². The molecule has 1 aliphatic rings. The lowest BCUT2D eigenvalue weighted by atomic mass is 10.1. The molecule has 0 fully saturated rings. The van der Waals surface area contributed by atoms with Gasteiger partial charge in [-0.3, -0.25) is 0 Å². The Kier molecular flexibility index (Phi) is 3.01. The first-order valence-corrected chi connectivity index (χ1v) is 6.73. The third kappa shape index (κ3) is 2.48. The predicted octanol–water partition coefficient (Wildman–Crippen LogP) is 3.40. The lowest BCUT2D eigenvalue weighted by molar-refractivity contribution is -0.129.